The average Bonchev–Trinajstić information content (AvgIpc) is 2.51. The molecule has 0 saturated carbocycles. The van der Waals surface area contributed by atoms with Gasteiger partial charge in [0.25, 0.3) is 0 Å². The second kappa shape index (κ2) is 5.65. The zero-order valence-electron chi connectivity index (χ0n) is 10.0. The van der Waals surface area contributed by atoms with Gasteiger partial charge < -0.3 is 5.11 Å². The van der Waals surface area contributed by atoms with Crippen molar-refractivity contribution in [1.29, 1.82) is 0 Å². The van der Waals surface area contributed by atoms with Crippen LogP contribution in [0.15, 0.2) is 6.07 Å². The molecule has 90 valence electrons. The highest BCUT2D eigenvalue weighted by molar-refractivity contribution is 5.73. The van der Waals surface area contributed by atoms with E-state index in [4.69, 9.17) is 5.11 Å². The fourth-order valence-corrected chi connectivity index (χ4v) is 1.66. The van der Waals surface area contributed by atoms with Crippen LogP contribution in [-0.4, -0.2) is 26.9 Å². The van der Waals surface area contributed by atoms with Crippen LogP contribution in [-0.2, 0) is 18.4 Å². The number of carboxylic acids is 1. The Kier molecular flexibility index (Phi) is 4.49. The van der Waals surface area contributed by atoms with Crippen LogP contribution in [0.5, 0.6) is 0 Å². The molecule has 5 nitrogen and oxygen atoms in total. The van der Waals surface area contributed by atoms with E-state index in [1.54, 1.807) is 4.68 Å². The summed E-state index contributed by atoms with van der Waals surface area (Å²) in [5.74, 6) is -0.791. The molecular formula is C11H19N3O2. The van der Waals surface area contributed by atoms with Gasteiger partial charge in [-0.3, -0.25) is 14.8 Å². The largest absolute Gasteiger partial charge is 0.480 e. The number of hydrogen-bond acceptors (Lipinski definition) is 3. The number of carboxylic acid groups (broad SMARTS) is 1. The molecule has 1 atom stereocenters. The molecule has 0 aliphatic rings. The molecule has 1 aromatic rings. The molecule has 1 aromatic heterocycles. The van der Waals surface area contributed by atoms with Crippen LogP contribution in [0.4, 0.5) is 0 Å². The van der Waals surface area contributed by atoms with Crippen molar-refractivity contribution < 1.29 is 9.90 Å². The highest BCUT2D eigenvalue weighted by Gasteiger charge is 2.15. The number of aliphatic carboxylic acids is 1. The van der Waals surface area contributed by atoms with E-state index in [1.165, 1.54) is 0 Å². The maximum Gasteiger partial charge on any atom is 0.320 e. The molecule has 0 fully saturated rings. The molecule has 0 amide bonds. The molecule has 1 heterocycles. The molecule has 0 aliphatic heterocycles. The third kappa shape index (κ3) is 3.34. The summed E-state index contributed by atoms with van der Waals surface area (Å²) in [4.78, 5) is 10.9. The van der Waals surface area contributed by atoms with E-state index in [0.717, 1.165) is 17.8 Å². The maximum atomic E-state index is 10.9. The predicted molar refractivity (Wildman–Crippen MR) is 61.1 cm³/mol. The van der Waals surface area contributed by atoms with Crippen molar-refractivity contribution in [2.75, 3.05) is 0 Å². The molecule has 0 radical (unpaired) electrons. The minimum atomic E-state index is -0.791. The lowest BCUT2D eigenvalue weighted by atomic mass is 10.1. The van der Waals surface area contributed by atoms with Gasteiger partial charge in [0.1, 0.15) is 6.04 Å². The lowest BCUT2D eigenvalue weighted by Crippen LogP contribution is -2.36. The zero-order valence-corrected chi connectivity index (χ0v) is 10.0. The van der Waals surface area contributed by atoms with Gasteiger partial charge in [0.2, 0.25) is 0 Å². The number of hydrogen-bond donors (Lipinski definition) is 2. The number of nitrogens with one attached hydrogen (secondary N) is 1. The van der Waals surface area contributed by atoms with E-state index in [-0.39, 0.29) is 0 Å². The van der Waals surface area contributed by atoms with Crippen molar-refractivity contribution >= 4 is 5.97 Å². The summed E-state index contributed by atoms with van der Waals surface area (Å²) in [6, 6.07) is 1.48. The predicted octanol–water partition coefficient (Wildman–Crippen LogP) is 1.07. The second-order valence-corrected chi connectivity index (χ2v) is 3.96. The van der Waals surface area contributed by atoms with E-state index < -0.39 is 12.0 Å². The lowest BCUT2D eigenvalue weighted by molar-refractivity contribution is -0.139. The molecule has 16 heavy (non-hydrogen) atoms. The Hall–Kier alpha value is -1.36. The summed E-state index contributed by atoms with van der Waals surface area (Å²) in [5, 5.41) is 16.2. The van der Waals surface area contributed by atoms with Gasteiger partial charge in [0.15, 0.2) is 0 Å². The normalized spacial score (nSPS) is 12.7. The minimum Gasteiger partial charge on any atom is -0.480 e. The summed E-state index contributed by atoms with van der Waals surface area (Å²) in [6.45, 7) is 4.43. The molecule has 0 aromatic carbocycles. The van der Waals surface area contributed by atoms with Crippen LogP contribution < -0.4 is 5.32 Å². The van der Waals surface area contributed by atoms with Crippen molar-refractivity contribution in [3.63, 3.8) is 0 Å². The van der Waals surface area contributed by atoms with Crippen LogP contribution in [0.25, 0.3) is 0 Å². The van der Waals surface area contributed by atoms with Crippen LogP contribution in [0.2, 0.25) is 0 Å². The van der Waals surface area contributed by atoms with Gasteiger partial charge in [-0.15, -0.1) is 0 Å². The summed E-state index contributed by atoms with van der Waals surface area (Å²) in [5.41, 5.74) is 1.95. The molecule has 1 rings (SSSR count). The molecular weight excluding hydrogens is 206 g/mol. The smallest absolute Gasteiger partial charge is 0.320 e. The number of aromatic nitrogens is 2. The first-order valence-electron chi connectivity index (χ1n) is 5.50. The van der Waals surface area contributed by atoms with Crippen molar-refractivity contribution in [3.8, 4) is 0 Å². The molecule has 0 spiro atoms. The lowest BCUT2D eigenvalue weighted by Gasteiger charge is -2.13. The van der Waals surface area contributed by atoms with Crippen LogP contribution in [0.1, 0.15) is 31.2 Å². The first-order valence-corrected chi connectivity index (χ1v) is 5.50. The van der Waals surface area contributed by atoms with Crippen LogP contribution >= 0.6 is 0 Å². The Morgan fingerprint density at radius 1 is 1.69 bits per heavy atom. The molecule has 2 N–H and O–H groups in total. The minimum absolute atomic E-state index is 0.472. The highest BCUT2D eigenvalue weighted by Crippen LogP contribution is 2.03. The summed E-state index contributed by atoms with van der Waals surface area (Å²) < 4.78 is 1.77. The van der Waals surface area contributed by atoms with Crippen molar-refractivity contribution in [2.45, 2.75) is 39.3 Å². The van der Waals surface area contributed by atoms with Gasteiger partial charge in [-0.05, 0) is 19.4 Å². The van der Waals surface area contributed by atoms with E-state index >= 15 is 0 Å². The Balaban J connectivity index is 2.55. The van der Waals surface area contributed by atoms with Crippen LogP contribution in [0.3, 0.4) is 0 Å². The Bertz CT molecular complexity index is 360. The van der Waals surface area contributed by atoms with Gasteiger partial charge in [-0.25, -0.2) is 0 Å². The van der Waals surface area contributed by atoms with Gasteiger partial charge in [0.05, 0.1) is 11.4 Å². The monoisotopic (exact) mass is 225 g/mol. The molecule has 1 unspecified atom stereocenters. The molecule has 5 heteroatoms. The first kappa shape index (κ1) is 12.7. The standard InChI is InChI=1S/C11H19N3O2/c1-4-5-10(11(15)16)12-7-9-6-8(2)13-14(9)3/h6,10,12H,4-5,7H2,1-3H3,(H,15,16). The zero-order chi connectivity index (χ0) is 12.1. The fraction of sp³-hybridized carbons (Fsp3) is 0.636. The van der Waals surface area contributed by atoms with Crippen molar-refractivity contribution in [1.82, 2.24) is 15.1 Å². The topological polar surface area (TPSA) is 67.2 Å². The van der Waals surface area contributed by atoms with Crippen LogP contribution in [0, 0.1) is 6.92 Å². The van der Waals surface area contributed by atoms with Crippen molar-refractivity contribution in [3.05, 3.63) is 17.5 Å². The average molecular weight is 225 g/mol. The Morgan fingerprint density at radius 3 is 2.81 bits per heavy atom. The van der Waals surface area contributed by atoms with E-state index in [2.05, 4.69) is 10.4 Å². The number of aryl methyl sites for hydroxylation is 2. The first-order chi connectivity index (χ1) is 7.54. The number of carbonyl (C=O) groups is 1. The Labute approximate surface area is 95.5 Å². The highest BCUT2D eigenvalue weighted by atomic mass is 16.4. The molecule has 0 bridgehead atoms. The third-order valence-corrected chi connectivity index (χ3v) is 2.50. The molecule has 0 aliphatic carbocycles. The summed E-state index contributed by atoms with van der Waals surface area (Å²) in [6.07, 6.45) is 1.50. The summed E-state index contributed by atoms with van der Waals surface area (Å²) in [7, 11) is 1.86. The molecule has 0 saturated heterocycles. The number of rotatable bonds is 6. The van der Waals surface area contributed by atoms with E-state index in [0.29, 0.717) is 13.0 Å². The van der Waals surface area contributed by atoms with Gasteiger partial charge in [0, 0.05) is 13.6 Å². The fourth-order valence-electron chi connectivity index (χ4n) is 1.66. The summed E-state index contributed by atoms with van der Waals surface area (Å²) >= 11 is 0. The third-order valence-electron chi connectivity index (χ3n) is 2.50. The second-order valence-electron chi connectivity index (χ2n) is 3.96. The van der Waals surface area contributed by atoms with Crippen molar-refractivity contribution in [2.24, 2.45) is 7.05 Å². The Morgan fingerprint density at radius 2 is 2.38 bits per heavy atom. The maximum absolute atomic E-state index is 10.9. The van der Waals surface area contributed by atoms with Gasteiger partial charge in [-0.1, -0.05) is 13.3 Å². The van der Waals surface area contributed by atoms with E-state index in [1.807, 2.05) is 27.0 Å². The SMILES string of the molecule is CCCC(NCc1cc(C)nn1C)C(=O)O. The quantitative estimate of drug-likeness (QED) is 0.760. The van der Waals surface area contributed by atoms with E-state index in [9.17, 15) is 4.79 Å². The number of nitrogens with zero attached hydrogens (tertiary/aromatic N) is 2. The van der Waals surface area contributed by atoms with Gasteiger partial charge >= 0.3 is 5.97 Å². The van der Waals surface area contributed by atoms with Gasteiger partial charge in [-0.2, -0.15) is 5.10 Å².